The standard InChI is InChI=1S/C19H23ClF3NO3/c1-12-7-14(20)8-13(2)16(12)9-17(26)18(24-11-25)5-3-15(4-6-18)27-10-19(21,22)23/h7-9,11,15,26H,3-6,10H2,1-2H3,(H,24,25)/b17-9-. The summed E-state index contributed by atoms with van der Waals surface area (Å²) in [7, 11) is 0. The zero-order valence-corrected chi connectivity index (χ0v) is 16.0. The third-order valence-corrected chi connectivity index (χ3v) is 5.15. The van der Waals surface area contributed by atoms with E-state index in [-0.39, 0.29) is 18.6 Å². The number of halogens is 4. The summed E-state index contributed by atoms with van der Waals surface area (Å²) in [6, 6.07) is 3.55. The molecule has 0 unspecified atom stereocenters. The molecule has 0 aliphatic heterocycles. The van der Waals surface area contributed by atoms with Crippen molar-refractivity contribution in [1.29, 1.82) is 0 Å². The minimum absolute atomic E-state index is 0.0302. The van der Waals surface area contributed by atoms with Gasteiger partial charge in [-0.15, -0.1) is 0 Å². The van der Waals surface area contributed by atoms with E-state index in [1.54, 1.807) is 18.2 Å². The van der Waals surface area contributed by atoms with E-state index in [0.29, 0.717) is 24.3 Å². The maximum atomic E-state index is 12.3. The third kappa shape index (κ3) is 5.62. The van der Waals surface area contributed by atoms with E-state index in [4.69, 9.17) is 16.3 Å². The molecule has 0 aromatic heterocycles. The molecule has 0 spiro atoms. The zero-order valence-electron chi connectivity index (χ0n) is 15.2. The molecule has 0 heterocycles. The Morgan fingerprint density at radius 2 is 1.89 bits per heavy atom. The van der Waals surface area contributed by atoms with E-state index in [0.717, 1.165) is 16.7 Å². The van der Waals surface area contributed by atoms with E-state index < -0.39 is 24.4 Å². The number of alkyl halides is 3. The minimum atomic E-state index is -4.37. The summed E-state index contributed by atoms with van der Waals surface area (Å²) in [5.41, 5.74) is 1.52. The number of amides is 1. The summed E-state index contributed by atoms with van der Waals surface area (Å²) in [6.45, 7) is 2.43. The molecule has 1 aromatic carbocycles. The number of carbonyl (C=O) groups is 1. The topological polar surface area (TPSA) is 58.6 Å². The van der Waals surface area contributed by atoms with Gasteiger partial charge >= 0.3 is 6.18 Å². The monoisotopic (exact) mass is 405 g/mol. The summed E-state index contributed by atoms with van der Waals surface area (Å²) in [5.74, 6) is -0.0302. The molecule has 4 nitrogen and oxygen atoms in total. The second-order valence-electron chi connectivity index (χ2n) is 6.95. The molecule has 1 aliphatic carbocycles. The van der Waals surface area contributed by atoms with Crippen molar-refractivity contribution in [3.63, 3.8) is 0 Å². The molecule has 1 aliphatic rings. The average molecular weight is 406 g/mol. The van der Waals surface area contributed by atoms with Crippen LogP contribution in [0.3, 0.4) is 0 Å². The van der Waals surface area contributed by atoms with Gasteiger partial charge in [-0.3, -0.25) is 4.79 Å². The summed E-state index contributed by atoms with van der Waals surface area (Å²) in [5, 5.41) is 14.0. The van der Waals surface area contributed by atoms with Gasteiger partial charge in [-0.05, 0) is 74.4 Å². The molecule has 0 radical (unpaired) electrons. The molecule has 8 heteroatoms. The highest BCUT2D eigenvalue weighted by molar-refractivity contribution is 6.30. The van der Waals surface area contributed by atoms with Crippen LogP contribution in [-0.4, -0.2) is 35.9 Å². The number of nitrogens with one attached hydrogen (secondary N) is 1. The Morgan fingerprint density at radius 3 is 2.37 bits per heavy atom. The van der Waals surface area contributed by atoms with Crippen molar-refractivity contribution < 1.29 is 27.8 Å². The van der Waals surface area contributed by atoms with E-state index in [1.165, 1.54) is 0 Å². The Bertz CT molecular complexity index is 688. The van der Waals surface area contributed by atoms with Crippen molar-refractivity contribution in [2.45, 2.75) is 57.3 Å². The highest BCUT2D eigenvalue weighted by atomic mass is 35.5. The van der Waals surface area contributed by atoms with Crippen molar-refractivity contribution in [3.05, 3.63) is 39.6 Å². The van der Waals surface area contributed by atoms with Crippen LogP contribution in [0.15, 0.2) is 17.9 Å². The molecule has 1 fully saturated rings. The molecular weight excluding hydrogens is 383 g/mol. The lowest BCUT2D eigenvalue weighted by Gasteiger charge is -2.39. The van der Waals surface area contributed by atoms with Crippen LogP contribution in [0.5, 0.6) is 0 Å². The minimum Gasteiger partial charge on any atom is -0.510 e. The van der Waals surface area contributed by atoms with Crippen molar-refractivity contribution in [2.24, 2.45) is 0 Å². The molecule has 0 saturated heterocycles. The fourth-order valence-corrected chi connectivity index (χ4v) is 3.80. The molecule has 27 heavy (non-hydrogen) atoms. The molecule has 2 N–H and O–H groups in total. The van der Waals surface area contributed by atoms with E-state index in [9.17, 15) is 23.1 Å². The highest BCUT2D eigenvalue weighted by Gasteiger charge is 2.40. The van der Waals surface area contributed by atoms with Gasteiger partial charge in [0.1, 0.15) is 12.4 Å². The predicted molar refractivity (Wildman–Crippen MR) is 97.7 cm³/mol. The summed E-state index contributed by atoms with van der Waals surface area (Å²) < 4.78 is 41.9. The van der Waals surface area contributed by atoms with Crippen LogP contribution in [-0.2, 0) is 9.53 Å². The Hall–Kier alpha value is -1.73. The van der Waals surface area contributed by atoms with Gasteiger partial charge < -0.3 is 15.2 Å². The maximum Gasteiger partial charge on any atom is 0.411 e. The highest BCUT2D eigenvalue weighted by Crippen LogP contribution is 2.36. The first-order valence-corrected chi connectivity index (χ1v) is 9.02. The van der Waals surface area contributed by atoms with Crippen LogP contribution in [0, 0.1) is 13.8 Å². The molecule has 0 atom stereocenters. The molecule has 0 bridgehead atoms. The number of hydrogen-bond acceptors (Lipinski definition) is 3. The second kappa shape index (κ2) is 8.52. The average Bonchev–Trinajstić information content (AvgIpc) is 2.56. The van der Waals surface area contributed by atoms with Crippen LogP contribution in [0.2, 0.25) is 5.02 Å². The van der Waals surface area contributed by atoms with Gasteiger partial charge in [-0.25, -0.2) is 0 Å². The SMILES string of the molecule is Cc1cc(Cl)cc(C)c1/C=C(\O)C1(NC=O)CCC(OCC(F)(F)F)CC1. The van der Waals surface area contributed by atoms with Gasteiger partial charge in [-0.1, -0.05) is 11.6 Å². The number of ether oxygens (including phenoxy) is 1. The number of rotatable bonds is 6. The first-order chi connectivity index (χ1) is 12.6. The van der Waals surface area contributed by atoms with Crippen LogP contribution in [0.4, 0.5) is 13.2 Å². The summed E-state index contributed by atoms with van der Waals surface area (Å²) in [4.78, 5) is 11.1. The Balaban J connectivity index is 2.19. The number of benzene rings is 1. The van der Waals surface area contributed by atoms with Gasteiger partial charge in [0.25, 0.3) is 0 Å². The van der Waals surface area contributed by atoms with E-state index in [1.807, 2.05) is 13.8 Å². The van der Waals surface area contributed by atoms with Crippen molar-refractivity contribution in [3.8, 4) is 0 Å². The molecular formula is C19H23ClF3NO3. The lowest BCUT2D eigenvalue weighted by Crippen LogP contribution is -2.50. The lowest BCUT2D eigenvalue weighted by molar-refractivity contribution is -0.189. The molecule has 1 aromatic rings. The van der Waals surface area contributed by atoms with Crippen LogP contribution in [0.1, 0.15) is 42.4 Å². The lowest BCUT2D eigenvalue weighted by atomic mass is 9.78. The van der Waals surface area contributed by atoms with Gasteiger partial charge in [0.2, 0.25) is 6.41 Å². The largest absolute Gasteiger partial charge is 0.510 e. The number of aliphatic hydroxyl groups excluding tert-OH is 1. The number of aliphatic hydroxyl groups is 1. The zero-order chi connectivity index (χ0) is 20.2. The fraction of sp³-hybridized carbons (Fsp3) is 0.526. The first-order valence-electron chi connectivity index (χ1n) is 8.64. The van der Waals surface area contributed by atoms with Crippen LogP contribution < -0.4 is 5.32 Å². The van der Waals surface area contributed by atoms with Crippen molar-refractivity contribution in [1.82, 2.24) is 5.32 Å². The predicted octanol–water partition coefficient (Wildman–Crippen LogP) is 4.86. The first kappa shape index (κ1) is 21.6. The summed E-state index contributed by atoms with van der Waals surface area (Å²) >= 11 is 6.03. The van der Waals surface area contributed by atoms with Gasteiger partial charge in [0, 0.05) is 5.02 Å². The normalized spacial score (nSPS) is 23.9. The Morgan fingerprint density at radius 1 is 1.33 bits per heavy atom. The third-order valence-electron chi connectivity index (χ3n) is 4.93. The smallest absolute Gasteiger partial charge is 0.411 e. The van der Waals surface area contributed by atoms with Crippen molar-refractivity contribution >= 4 is 24.1 Å². The van der Waals surface area contributed by atoms with Gasteiger partial charge in [0.05, 0.1) is 11.6 Å². The summed E-state index contributed by atoms with van der Waals surface area (Å²) in [6.07, 6.45) is -1.68. The fourth-order valence-electron chi connectivity index (χ4n) is 3.47. The number of carbonyl (C=O) groups excluding carboxylic acids is 1. The number of hydrogen-bond donors (Lipinski definition) is 2. The van der Waals surface area contributed by atoms with Gasteiger partial charge in [-0.2, -0.15) is 13.2 Å². The second-order valence-corrected chi connectivity index (χ2v) is 7.39. The van der Waals surface area contributed by atoms with Crippen LogP contribution in [0.25, 0.3) is 6.08 Å². The molecule has 2 rings (SSSR count). The molecule has 1 amide bonds. The van der Waals surface area contributed by atoms with Gasteiger partial charge in [0.15, 0.2) is 0 Å². The van der Waals surface area contributed by atoms with Crippen LogP contribution >= 0.6 is 11.6 Å². The molecule has 150 valence electrons. The maximum absolute atomic E-state index is 12.3. The Kier molecular flexibility index (Phi) is 6.81. The molecule has 1 saturated carbocycles. The van der Waals surface area contributed by atoms with Crippen molar-refractivity contribution in [2.75, 3.05) is 6.61 Å². The Labute approximate surface area is 161 Å². The van der Waals surface area contributed by atoms with E-state index >= 15 is 0 Å². The number of aryl methyl sites for hydroxylation is 2. The quantitative estimate of drug-likeness (QED) is 0.524. The van der Waals surface area contributed by atoms with E-state index in [2.05, 4.69) is 5.32 Å².